The number of amides is 1. The number of likely N-dealkylation sites (N-methyl/N-ethyl adjacent to an activating group) is 1. The molecule has 1 aromatic heterocycles. The normalized spacial score (nSPS) is 25.1. The largest absolute Gasteiger partial charge is 1.00 e. The van der Waals surface area contributed by atoms with E-state index in [-0.39, 0.29) is 41.9 Å². The third-order valence-electron chi connectivity index (χ3n) is 6.59. The fourth-order valence-corrected chi connectivity index (χ4v) is 5.40. The zero-order chi connectivity index (χ0) is 48.4. The van der Waals surface area contributed by atoms with E-state index in [1.165, 1.54) is 32.4 Å². The second-order valence-corrected chi connectivity index (χ2v) is 13.1. The standard InChI is InChI=1S/C21H34N5O16P.3C3H8.4C2H6.Na/c1-23-5-12(30)25-13-8(28)4-21(19(34)35,41-17(13)14(31)9(29)6-27)42-43(37,38)39-7-10-15(32)16(33)18(40-10)26-3-2-11(22)24-20(26)36;3*1-3-2;4*1-2;/h2-3,8-10,13-18,23,27-29,31-33H,4-7H2,1H3,(H,25,30)(H,34,35)(H,37,38)(H2,22,24,36);3*3H2,1-2H3;4*1-2H3;/q;;;;;;;;+1/p-2/t8?,9-,10?,13?,14-,15?,16?,17?,18?,21?;;;;;;;;/m1......../s1. The van der Waals surface area contributed by atoms with E-state index >= 15 is 0 Å². The van der Waals surface area contributed by atoms with Crippen molar-refractivity contribution in [1.82, 2.24) is 20.2 Å². The topological polar surface area (TPSA) is 341 Å². The Morgan fingerprint density at radius 2 is 1.48 bits per heavy atom. The van der Waals surface area contributed by atoms with Crippen LogP contribution in [0.15, 0.2) is 17.1 Å². The molecule has 9 unspecified atom stereocenters. The summed E-state index contributed by atoms with van der Waals surface area (Å²) in [5, 5.41) is 77.8. The number of hydrogen-bond acceptors (Lipinski definition) is 19. The molecule has 3 heterocycles. The van der Waals surface area contributed by atoms with Crippen LogP contribution in [0.5, 0.6) is 0 Å². The molecule has 3 rings (SSSR count). The van der Waals surface area contributed by atoms with Gasteiger partial charge >= 0.3 is 35.2 Å². The summed E-state index contributed by atoms with van der Waals surface area (Å²) >= 11 is 0. The minimum absolute atomic E-state index is 0. The number of ether oxygens (including phenoxy) is 2. The maximum Gasteiger partial charge on any atom is 1.00 e. The van der Waals surface area contributed by atoms with Gasteiger partial charge in [0.2, 0.25) is 11.7 Å². The van der Waals surface area contributed by atoms with E-state index in [2.05, 4.69) is 66.2 Å². The third-order valence-corrected chi connectivity index (χ3v) is 7.57. The monoisotopic (exact) mass is 917 g/mol. The molecular weight excluding hydrogens is 836 g/mol. The van der Waals surface area contributed by atoms with Gasteiger partial charge in [0, 0.05) is 12.6 Å². The number of anilines is 1. The molecule has 1 amide bonds. The summed E-state index contributed by atoms with van der Waals surface area (Å²) in [4.78, 5) is 52.5. The number of carboxylic acid groups (broad SMARTS) is 1. The van der Waals surface area contributed by atoms with E-state index in [9.17, 15) is 59.6 Å². The molecule has 2 saturated heterocycles. The van der Waals surface area contributed by atoms with Gasteiger partial charge in [0.1, 0.15) is 48.4 Å². The van der Waals surface area contributed by atoms with Crippen LogP contribution >= 0.6 is 7.82 Å². The van der Waals surface area contributed by atoms with E-state index in [0.29, 0.717) is 0 Å². The van der Waals surface area contributed by atoms with Gasteiger partial charge in [0.25, 0.3) is 7.82 Å². The van der Waals surface area contributed by atoms with Crippen molar-refractivity contribution in [2.75, 3.05) is 32.5 Å². The van der Waals surface area contributed by atoms with E-state index < -0.39 is 106 Å². The van der Waals surface area contributed by atoms with Gasteiger partial charge in [-0.1, -0.05) is 116 Å². The van der Waals surface area contributed by atoms with Gasteiger partial charge in [-0.3, -0.25) is 18.5 Å². The number of nitrogens with zero attached hydrogens (tertiary/aromatic N) is 2. The second-order valence-electron chi connectivity index (χ2n) is 11.8. The number of nitrogens with two attached hydrogens (primary N) is 1. The molecule has 0 saturated carbocycles. The fourth-order valence-electron chi connectivity index (χ4n) is 4.46. The summed E-state index contributed by atoms with van der Waals surface area (Å²) in [5.41, 5.74) is 4.44. The number of aromatic nitrogens is 2. The summed E-state index contributed by atoms with van der Waals surface area (Å²) in [5.74, 6) is -6.72. The van der Waals surface area contributed by atoms with Crippen LogP contribution in [0.2, 0.25) is 0 Å². The smallest absolute Gasteiger partial charge is 0.756 e. The number of carboxylic acids is 1. The first-order valence-electron chi connectivity index (χ1n) is 20.8. The summed E-state index contributed by atoms with van der Waals surface area (Å²) < 4.78 is 33.3. The van der Waals surface area contributed by atoms with Crippen LogP contribution in [0.25, 0.3) is 0 Å². The van der Waals surface area contributed by atoms with E-state index in [0.717, 1.165) is 10.8 Å². The third kappa shape index (κ3) is 26.1. The van der Waals surface area contributed by atoms with Gasteiger partial charge in [0.05, 0.1) is 31.9 Å². The van der Waals surface area contributed by atoms with Crippen molar-refractivity contribution in [2.24, 2.45) is 0 Å². The van der Waals surface area contributed by atoms with Gasteiger partial charge in [-0.15, -0.1) is 0 Å². The Labute approximate surface area is 385 Å². The number of nitrogens with one attached hydrogen (secondary N) is 2. The Morgan fingerprint density at radius 3 is 1.89 bits per heavy atom. The molecular formula is C38H80N5NaO16P-. The Kier molecular flexibility index (Phi) is 47.8. The Morgan fingerprint density at radius 1 is 1.00 bits per heavy atom. The molecule has 2 fully saturated rings. The predicted molar refractivity (Wildman–Crippen MR) is 225 cm³/mol. The van der Waals surface area contributed by atoms with Crippen LogP contribution in [0.4, 0.5) is 5.82 Å². The molecule has 21 nitrogen and oxygen atoms in total. The molecule has 1 aromatic rings. The summed E-state index contributed by atoms with van der Waals surface area (Å²) in [7, 11) is -4.42. The summed E-state index contributed by atoms with van der Waals surface area (Å²) in [6.07, 6.45) is -11.5. The van der Waals surface area contributed by atoms with E-state index in [1.54, 1.807) is 0 Å². The molecule has 0 spiro atoms. The molecule has 360 valence electrons. The van der Waals surface area contributed by atoms with Crippen molar-refractivity contribution in [2.45, 2.75) is 183 Å². The maximum absolute atomic E-state index is 12.7. The first-order chi connectivity index (χ1) is 28.3. The number of aliphatic hydroxyl groups excluding tert-OH is 6. The van der Waals surface area contributed by atoms with Crippen molar-refractivity contribution >= 4 is 25.5 Å². The molecule has 0 bridgehead atoms. The molecule has 10 N–H and O–H groups in total. The molecule has 61 heavy (non-hydrogen) atoms. The average Bonchev–Trinajstić information content (AvgIpc) is 3.50. The van der Waals surface area contributed by atoms with Crippen LogP contribution in [-0.4, -0.2) is 133 Å². The quantitative estimate of drug-likeness (QED) is 0.0719. The van der Waals surface area contributed by atoms with Gasteiger partial charge < -0.3 is 75.8 Å². The number of hydrogen-bond donors (Lipinski definition) is 9. The number of aliphatic carboxylic acids is 1. The number of nitrogen functional groups attached to an aromatic ring is 1. The number of rotatable bonds is 13. The number of phosphoric acid groups is 1. The second kappa shape index (κ2) is 41.1. The zero-order valence-corrected chi connectivity index (χ0v) is 42.4. The Bertz CT molecular complexity index is 1320. The molecule has 0 aliphatic carbocycles. The van der Waals surface area contributed by atoms with Crippen LogP contribution in [0, 0.1) is 0 Å². The van der Waals surface area contributed by atoms with E-state index in [4.69, 9.17) is 15.2 Å². The molecule has 23 heteroatoms. The molecule has 0 aromatic carbocycles. The number of carbonyl (C=O) groups excluding carboxylic acids is 2. The number of phosphoric ester groups is 1. The van der Waals surface area contributed by atoms with Gasteiger partial charge in [-0.25, -0.2) is 4.79 Å². The van der Waals surface area contributed by atoms with Crippen molar-refractivity contribution in [3.8, 4) is 0 Å². The average molecular weight is 917 g/mol. The predicted octanol–water partition coefficient (Wildman–Crippen LogP) is -2.68. The van der Waals surface area contributed by atoms with Crippen LogP contribution in [0.1, 0.15) is 129 Å². The molecule has 0 radical (unpaired) electrons. The van der Waals surface area contributed by atoms with Crippen LogP contribution < -0.4 is 61.6 Å². The summed E-state index contributed by atoms with van der Waals surface area (Å²) in [6.45, 7) is 26.2. The number of carbonyl (C=O) groups is 2. The molecule has 11 atom stereocenters. The minimum Gasteiger partial charge on any atom is -0.756 e. The van der Waals surface area contributed by atoms with Crippen molar-refractivity contribution in [3.05, 3.63) is 22.7 Å². The molecule has 2 aliphatic heterocycles. The van der Waals surface area contributed by atoms with Gasteiger partial charge in [0.15, 0.2) is 6.23 Å². The van der Waals surface area contributed by atoms with Gasteiger partial charge in [-0.2, -0.15) is 4.98 Å². The van der Waals surface area contributed by atoms with Crippen molar-refractivity contribution in [3.63, 3.8) is 0 Å². The summed E-state index contributed by atoms with van der Waals surface area (Å²) in [6, 6.07) is -0.460. The first kappa shape index (κ1) is 71.0. The van der Waals surface area contributed by atoms with Crippen LogP contribution in [0.3, 0.4) is 0 Å². The van der Waals surface area contributed by atoms with Crippen LogP contribution in [-0.2, 0) is 32.7 Å². The molecule has 2 aliphatic rings. The fraction of sp³-hybridized carbons (Fsp3) is 0.842. The zero-order valence-electron chi connectivity index (χ0n) is 39.5. The van der Waals surface area contributed by atoms with Gasteiger partial charge in [-0.05, 0) is 13.1 Å². The maximum atomic E-state index is 12.7. The van der Waals surface area contributed by atoms with Crippen molar-refractivity contribution < 1.29 is 103 Å². The minimum atomic E-state index is -5.83. The SMILES string of the molecule is CC.CC.CC.CC.CCC.CCC.CCC.CNCC(=O)NC1C(O)CC(OP(=O)([O-])OCC2OC(n3ccc(N)nc3=O)C(O)C2O)(C(=O)[O-])OC1[C@H](O)[C@H](O)CO.[Na+]. The number of aliphatic hydroxyl groups is 6. The Balaban J connectivity index is -0.000000367. The Hall–Kier alpha value is -1.63. The first-order valence-corrected chi connectivity index (χ1v) is 22.3. The van der Waals surface area contributed by atoms with Crippen molar-refractivity contribution in [1.29, 1.82) is 0 Å². The van der Waals surface area contributed by atoms with E-state index in [1.807, 2.05) is 55.4 Å².